The fourth-order valence-corrected chi connectivity index (χ4v) is 4.70. The molecule has 190 valence electrons. The van der Waals surface area contributed by atoms with Gasteiger partial charge < -0.3 is 15.4 Å². The van der Waals surface area contributed by atoms with Gasteiger partial charge in [0.25, 0.3) is 0 Å². The number of nitrogens with zero attached hydrogens (tertiary/aromatic N) is 1. The number of amides is 2. The molecule has 1 aromatic heterocycles. The minimum Gasteiger partial charge on any atom is -0.406 e. The molecule has 1 fully saturated rings. The molecule has 0 atom stereocenters. The molecule has 37 heavy (non-hydrogen) atoms. The molecule has 0 radical (unpaired) electrons. The van der Waals surface area contributed by atoms with Gasteiger partial charge in [-0.2, -0.15) is 0 Å². The van der Waals surface area contributed by atoms with Gasteiger partial charge in [0.2, 0.25) is 11.8 Å². The van der Waals surface area contributed by atoms with E-state index in [1.165, 1.54) is 35.6 Å². The number of carbonyl (C=O) groups excluding carboxylic acids is 2. The van der Waals surface area contributed by atoms with Gasteiger partial charge in [0.1, 0.15) is 11.6 Å². The van der Waals surface area contributed by atoms with E-state index in [9.17, 15) is 27.2 Å². The molecule has 0 aliphatic heterocycles. The number of ether oxygens (including phenoxy) is 1. The van der Waals surface area contributed by atoms with Crippen molar-refractivity contribution in [1.29, 1.82) is 0 Å². The Morgan fingerprint density at radius 2 is 1.81 bits per heavy atom. The lowest BCUT2D eigenvalue weighted by Crippen LogP contribution is -2.18. The zero-order valence-corrected chi connectivity index (χ0v) is 19.9. The largest absolute Gasteiger partial charge is 0.573 e. The summed E-state index contributed by atoms with van der Waals surface area (Å²) in [5.41, 5.74) is 2.09. The Labute approximate surface area is 212 Å². The standard InChI is InChI=1S/C26H19F4N3O3S/c27-19-10-9-16(18-5-2-6-21-23(18)32-25(37-21)33-24(35)15-7-8-15)13-20(19)31-22(34)12-14-3-1-4-17(11-14)36-26(28,29)30/h1-6,9-11,13,15H,7-8,12H2,(H,31,34)(H,32,33,35). The van der Waals surface area contributed by atoms with Crippen molar-refractivity contribution in [1.82, 2.24) is 4.98 Å². The maximum absolute atomic E-state index is 14.6. The van der Waals surface area contributed by atoms with Gasteiger partial charge in [0.15, 0.2) is 5.13 Å². The number of halogens is 4. The zero-order chi connectivity index (χ0) is 26.2. The lowest BCUT2D eigenvalue weighted by Gasteiger charge is -2.11. The lowest BCUT2D eigenvalue weighted by atomic mass is 10.0. The van der Waals surface area contributed by atoms with Crippen molar-refractivity contribution in [2.75, 3.05) is 10.6 Å². The van der Waals surface area contributed by atoms with Crippen molar-refractivity contribution < 1.29 is 31.9 Å². The normalized spacial score (nSPS) is 13.4. The summed E-state index contributed by atoms with van der Waals surface area (Å²) < 4.78 is 56.7. The summed E-state index contributed by atoms with van der Waals surface area (Å²) >= 11 is 1.34. The van der Waals surface area contributed by atoms with E-state index in [-0.39, 0.29) is 29.5 Å². The number of hydrogen-bond donors (Lipinski definition) is 2. The van der Waals surface area contributed by atoms with Crippen LogP contribution in [0.5, 0.6) is 5.75 Å². The Hall–Kier alpha value is -3.99. The van der Waals surface area contributed by atoms with Gasteiger partial charge in [-0.3, -0.25) is 9.59 Å². The Kier molecular flexibility index (Phi) is 6.55. The Bertz CT molecular complexity index is 1500. The van der Waals surface area contributed by atoms with Gasteiger partial charge >= 0.3 is 6.36 Å². The van der Waals surface area contributed by atoms with E-state index in [0.29, 0.717) is 21.8 Å². The van der Waals surface area contributed by atoms with Gasteiger partial charge in [0, 0.05) is 11.5 Å². The van der Waals surface area contributed by atoms with Crippen LogP contribution in [0.2, 0.25) is 0 Å². The van der Waals surface area contributed by atoms with Crippen LogP contribution >= 0.6 is 11.3 Å². The predicted molar refractivity (Wildman–Crippen MR) is 132 cm³/mol. The fraction of sp³-hybridized carbons (Fsp3) is 0.192. The van der Waals surface area contributed by atoms with Crippen molar-refractivity contribution in [2.45, 2.75) is 25.6 Å². The van der Waals surface area contributed by atoms with E-state index in [0.717, 1.165) is 29.7 Å². The molecule has 1 saturated carbocycles. The third-order valence-electron chi connectivity index (χ3n) is 5.65. The first-order chi connectivity index (χ1) is 17.6. The molecule has 4 aromatic rings. The molecule has 3 aromatic carbocycles. The zero-order valence-electron chi connectivity index (χ0n) is 19.1. The molecule has 0 saturated heterocycles. The number of fused-ring (bicyclic) bond motifs is 1. The highest BCUT2D eigenvalue weighted by atomic mass is 32.1. The van der Waals surface area contributed by atoms with E-state index in [2.05, 4.69) is 20.4 Å². The number of benzene rings is 3. The molecular weight excluding hydrogens is 510 g/mol. The van der Waals surface area contributed by atoms with Crippen molar-refractivity contribution in [2.24, 2.45) is 5.92 Å². The van der Waals surface area contributed by atoms with Crippen LogP contribution in [0.1, 0.15) is 18.4 Å². The second kappa shape index (κ2) is 9.81. The molecule has 11 heteroatoms. The summed E-state index contributed by atoms with van der Waals surface area (Å²) in [6.07, 6.45) is -3.39. The molecule has 0 unspecified atom stereocenters. The lowest BCUT2D eigenvalue weighted by molar-refractivity contribution is -0.274. The van der Waals surface area contributed by atoms with Crippen LogP contribution in [-0.2, 0) is 16.0 Å². The number of hydrogen-bond acceptors (Lipinski definition) is 5. The average Bonchev–Trinajstić information content (AvgIpc) is 3.59. The Morgan fingerprint density at radius 1 is 1.03 bits per heavy atom. The Morgan fingerprint density at radius 3 is 2.57 bits per heavy atom. The third-order valence-corrected chi connectivity index (χ3v) is 6.58. The number of thiazole rings is 1. The van der Waals surface area contributed by atoms with Crippen LogP contribution in [0.3, 0.4) is 0 Å². The number of carbonyl (C=O) groups is 2. The predicted octanol–water partition coefficient (Wildman–Crippen LogP) is 6.53. The van der Waals surface area contributed by atoms with Crippen LogP contribution in [0.15, 0.2) is 60.7 Å². The quantitative estimate of drug-likeness (QED) is 0.267. The van der Waals surface area contributed by atoms with Gasteiger partial charge in [-0.15, -0.1) is 13.2 Å². The van der Waals surface area contributed by atoms with Crippen molar-refractivity contribution >= 4 is 44.2 Å². The topological polar surface area (TPSA) is 80.3 Å². The second-order valence-corrected chi connectivity index (χ2v) is 9.58. The van der Waals surface area contributed by atoms with Gasteiger partial charge in [-0.05, 0) is 54.3 Å². The second-order valence-electron chi connectivity index (χ2n) is 8.55. The SMILES string of the molecule is O=C(Cc1cccc(OC(F)(F)F)c1)Nc1cc(-c2cccc3sc(NC(=O)C4CC4)nc23)ccc1F. The molecule has 2 amide bonds. The molecule has 6 nitrogen and oxygen atoms in total. The summed E-state index contributed by atoms with van der Waals surface area (Å²) in [6.45, 7) is 0. The van der Waals surface area contributed by atoms with E-state index in [1.807, 2.05) is 12.1 Å². The molecule has 1 aliphatic rings. The van der Waals surface area contributed by atoms with Crippen LogP contribution in [0.4, 0.5) is 28.4 Å². The molecule has 0 spiro atoms. The summed E-state index contributed by atoms with van der Waals surface area (Å²) in [6, 6.07) is 14.8. The molecule has 1 aliphatic carbocycles. The maximum Gasteiger partial charge on any atom is 0.573 e. The van der Waals surface area contributed by atoms with Gasteiger partial charge in [0.05, 0.1) is 22.3 Å². The number of para-hydroxylation sites is 1. The third kappa shape index (κ3) is 6.05. The molecule has 5 rings (SSSR count). The number of aromatic nitrogens is 1. The van der Waals surface area contributed by atoms with Gasteiger partial charge in [-0.25, -0.2) is 9.37 Å². The van der Waals surface area contributed by atoms with Gasteiger partial charge in [-0.1, -0.05) is 41.7 Å². The first kappa shape index (κ1) is 24.7. The average molecular weight is 530 g/mol. The smallest absolute Gasteiger partial charge is 0.406 e. The highest BCUT2D eigenvalue weighted by Crippen LogP contribution is 2.36. The molecule has 2 N–H and O–H groups in total. The summed E-state index contributed by atoms with van der Waals surface area (Å²) in [5, 5.41) is 5.80. The van der Waals surface area contributed by atoms with E-state index < -0.39 is 23.8 Å². The van der Waals surface area contributed by atoms with Crippen LogP contribution in [0, 0.1) is 11.7 Å². The molecule has 1 heterocycles. The Balaban J connectivity index is 1.35. The van der Waals surface area contributed by atoms with Crippen LogP contribution in [0.25, 0.3) is 21.3 Å². The minimum absolute atomic E-state index is 0.0365. The fourth-order valence-electron chi connectivity index (χ4n) is 3.81. The summed E-state index contributed by atoms with van der Waals surface area (Å²) in [5.74, 6) is -1.75. The highest BCUT2D eigenvalue weighted by Gasteiger charge is 2.31. The van der Waals surface area contributed by atoms with Crippen molar-refractivity contribution in [3.05, 3.63) is 72.0 Å². The number of nitrogens with one attached hydrogen (secondary N) is 2. The monoisotopic (exact) mass is 529 g/mol. The van der Waals surface area contributed by atoms with Crippen molar-refractivity contribution in [3.63, 3.8) is 0 Å². The summed E-state index contributed by atoms with van der Waals surface area (Å²) in [4.78, 5) is 29.2. The van der Waals surface area contributed by atoms with E-state index >= 15 is 0 Å². The van der Waals surface area contributed by atoms with Crippen molar-refractivity contribution in [3.8, 4) is 16.9 Å². The first-order valence-electron chi connectivity index (χ1n) is 11.3. The first-order valence-corrected chi connectivity index (χ1v) is 12.1. The number of rotatable bonds is 7. The number of anilines is 2. The number of alkyl halides is 3. The van der Waals surface area contributed by atoms with Crippen LogP contribution in [-0.4, -0.2) is 23.2 Å². The summed E-state index contributed by atoms with van der Waals surface area (Å²) in [7, 11) is 0. The molecular formula is C26H19F4N3O3S. The molecule has 0 bridgehead atoms. The highest BCUT2D eigenvalue weighted by molar-refractivity contribution is 7.22. The van der Waals surface area contributed by atoms with E-state index in [4.69, 9.17) is 0 Å². The maximum atomic E-state index is 14.6. The van der Waals surface area contributed by atoms with E-state index in [1.54, 1.807) is 12.1 Å². The van der Waals surface area contributed by atoms with Crippen LogP contribution < -0.4 is 15.4 Å². The minimum atomic E-state index is -4.85.